The number of ketones is 1. The lowest BCUT2D eigenvalue weighted by Gasteiger charge is -2.16. The molecule has 1 aromatic heterocycles. The number of nitrogens with zero attached hydrogens (tertiary/aromatic N) is 3. The molecule has 2 aliphatic heterocycles. The number of rotatable bonds is 10. The van der Waals surface area contributed by atoms with Crippen LogP contribution in [0.1, 0.15) is 30.0 Å². The molecule has 2 aromatic carbocycles. The molecule has 1 saturated heterocycles. The number of aliphatic imine (C=N–C) groups is 1. The number of hydrogen-bond donors (Lipinski definition) is 1. The molecule has 1 fully saturated rings. The summed E-state index contributed by atoms with van der Waals surface area (Å²) in [5, 5.41) is 4.63. The minimum absolute atomic E-state index is 0.0535. The molecule has 9 nitrogen and oxygen atoms in total. The van der Waals surface area contributed by atoms with Crippen molar-refractivity contribution >= 4 is 57.4 Å². The van der Waals surface area contributed by atoms with Gasteiger partial charge in [0.1, 0.15) is 23.0 Å². The highest BCUT2D eigenvalue weighted by molar-refractivity contribution is 8.19. The van der Waals surface area contributed by atoms with Gasteiger partial charge in [0.15, 0.2) is 11.0 Å². The molecule has 2 aliphatic rings. The molecule has 0 bridgehead atoms. The van der Waals surface area contributed by atoms with E-state index in [2.05, 4.69) is 5.32 Å². The van der Waals surface area contributed by atoms with Crippen molar-refractivity contribution in [1.82, 2.24) is 4.90 Å². The second-order valence-corrected chi connectivity index (χ2v) is 11.1. The van der Waals surface area contributed by atoms with E-state index in [0.717, 1.165) is 27.0 Å². The lowest BCUT2D eigenvalue weighted by atomic mass is 10.1. The highest BCUT2D eigenvalue weighted by atomic mass is 32.2. The molecule has 3 heterocycles. The molecular formula is C29H30N4O5S2. The summed E-state index contributed by atoms with van der Waals surface area (Å²) >= 11 is 2.86. The zero-order valence-electron chi connectivity index (χ0n) is 22.7. The van der Waals surface area contributed by atoms with Crippen LogP contribution in [0, 0.1) is 0 Å². The van der Waals surface area contributed by atoms with Crippen LogP contribution in [0.25, 0.3) is 0 Å². The molecule has 1 N–H and O–H groups in total. The van der Waals surface area contributed by atoms with E-state index < -0.39 is 0 Å². The SMILES string of the molecule is CCNc1ccc(C(C)=O)cc1/N=C1/S/C(=C2\Sc3ccc(OCCOC)cc3N2C)C(=O)N1Cc1ccco1. The average molecular weight is 579 g/mol. The van der Waals surface area contributed by atoms with Crippen molar-refractivity contribution in [3.05, 3.63) is 76.1 Å². The average Bonchev–Trinajstić information content (AvgIpc) is 3.65. The number of Topliss-reactive ketones (excluding diaryl/α,β-unsaturated/α-hetero) is 1. The molecule has 208 valence electrons. The van der Waals surface area contributed by atoms with E-state index in [1.54, 1.807) is 36.5 Å². The van der Waals surface area contributed by atoms with E-state index >= 15 is 0 Å². The Balaban J connectivity index is 1.53. The first-order valence-electron chi connectivity index (χ1n) is 12.8. The highest BCUT2D eigenvalue weighted by Crippen LogP contribution is 2.51. The van der Waals surface area contributed by atoms with Crippen LogP contribution >= 0.6 is 23.5 Å². The van der Waals surface area contributed by atoms with Gasteiger partial charge in [-0.3, -0.25) is 14.5 Å². The Hall–Kier alpha value is -3.67. The summed E-state index contributed by atoms with van der Waals surface area (Å²) in [5.41, 5.74) is 2.89. The van der Waals surface area contributed by atoms with Gasteiger partial charge >= 0.3 is 0 Å². The van der Waals surface area contributed by atoms with Crippen LogP contribution in [0.15, 0.2) is 79.0 Å². The number of methoxy groups -OCH3 is 1. The fraction of sp³-hybridized carbons (Fsp3) is 0.276. The Morgan fingerprint density at radius 1 is 1.12 bits per heavy atom. The van der Waals surface area contributed by atoms with Crippen molar-refractivity contribution in [2.75, 3.05) is 44.1 Å². The summed E-state index contributed by atoms with van der Waals surface area (Å²) in [6, 6.07) is 14.9. The van der Waals surface area contributed by atoms with Crippen molar-refractivity contribution in [1.29, 1.82) is 0 Å². The molecule has 0 unspecified atom stereocenters. The third kappa shape index (κ3) is 5.77. The summed E-state index contributed by atoms with van der Waals surface area (Å²) in [6.45, 7) is 5.39. The summed E-state index contributed by atoms with van der Waals surface area (Å²) in [4.78, 5) is 36.2. The van der Waals surface area contributed by atoms with Crippen LogP contribution < -0.4 is 15.0 Å². The predicted octanol–water partition coefficient (Wildman–Crippen LogP) is 6.11. The topological polar surface area (TPSA) is 96.6 Å². The first-order chi connectivity index (χ1) is 19.4. The Morgan fingerprint density at radius 3 is 2.70 bits per heavy atom. The second kappa shape index (κ2) is 12.2. The molecular weight excluding hydrogens is 548 g/mol. The number of hydrogen-bond acceptors (Lipinski definition) is 10. The third-order valence-electron chi connectivity index (χ3n) is 6.30. The molecule has 0 spiro atoms. The van der Waals surface area contributed by atoms with Crippen LogP contribution in [0.3, 0.4) is 0 Å². The van der Waals surface area contributed by atoms with Gasteiger partial charge in [-0.2, -0.15) is 0 Å². The van der Waals surface area contributed by atoms with E-state index in [9.17, 15) is 9.59 Å². The van der Waals surface area contributed by atoms with Gasteiger partial charge in [-0.15, -0.1) is 0 Å². The van der Waals surface area contributed by atoms with Crippen LogP contribution in [0.5, 0.6) is 5.75 Å². The molecule has 40 heavy (non-hydrogen) atoms. The highest BCUT2D eigenvalue weighted by Gasteiger charge is 2.40. The van der Waals surface area contributed by atoms with Gasteiger partial charge in [0.05, 0.1) is 41.5 Å². The van der Waals surface area contributed by atoms with Crippen LogP contribution in [-0.4, -0.2) is 55.7 Å². The van der Waals surface area contributed by atoms with Gasteiger partial charge in [0, 0.05) is 37.2 Å². The monoisotopic (exact) mass is 578 g/mol. The number of anilines is 2. The number of carbonyl (C=O) groups excluding carboxylic acids is 2. The molecule has 1 amide bonds. The van der Waals surface area contributed by atoms with Crippen LogP contribution in [-0.2, 0) is 16.1 Å². The maximum Gasteiger partial charge on any atom is 0.269 e. The number of carbonyl (C=O) groups is 2. The number of benzene rings is 2. The van der Waals surface area contributed by atoms with Gasteiger partial charge < -0.3 is 24.1 Å². The zero-order valence-corrected chi connectivity index (χ0v) is 24.4. The number of amides is 1. The molecule has 0 saturated carbocycles. The normalized spacial score (nSPS) is 17.6. The Labute approximate surface area is 241 Å². The van der Waals surface area contributed by atoms with Gasteiger partial charge in [0.2, 0.25) is 0 Å². The summed E-state index contributed by atoms with van der Waals surface area (Å²) < 4.78 is 16.5. The maximum absolute atomic E-state index is 13.9. The third-order valence-corrected chi connectivity index (χ3v) is 8.73. The van der Waals surface area contributed by atoms with Gasteiger partial charge in [-0.05, 0) is 68.1 Å². The minimum Gasteiger partial charge on any atom is -0.491 e. The van der Waals surface area contributed by atoms with Gasteiger partial charge in [0.25, 0.3) is 5.91 Å². The second-order valence-electron chi connectivity index (χ2n) is 9.05. The van der Waals surface area contributed by atoms with Gasteiger partial charge in [-0.25, -0.2) is 4.99 Å². The summed E-state index contributed by atoms with van der Waals surface area (Å²) in [5.74, 6) is 1.17. The van der Waals surface area contributed by atoms with Crippen LogP contribution in [0.2, 0.25) is 0 Å². The Kier molecular flexibility index (Phi) is 8.53. The lowest BCUT2D eigenvalue weighted by Crippen LogP contribution is -2.29. The Morgan fingerprint density at radius 2 is 1.98 bits per heavy atom. The molecule has 3 aromatic rings. The van der Waals surface area contributed by atoms with E-state index in [1.807, 2.05) is 49.2 Å². The number of amidine groups is 1. The smallest absolute Gasteiger partial charge is 0.269 e. The van der Waals surface area contributed by atoms with Crippen LogP contribution in [0.4, 0.5) is 17.1 Å². The molecule has 5 rings (SSSR count). The first-order valence-corrected chi connectivity index (χ1v) is 14.4. The van der Waals surface area contributed by atoms with Crippen molar-refractivity contribution in [2.45, 2.75) is 25.3 Å². The standard InChI is InChI=1S/C29H30N4O5S2/c1-5-30-22-10-8-19(18(2)34)15-23(22)31-29-33(17-21-7-6-12-37-21)27(35)26(40-29)28-32(3)24-16-20(38-14-13-36-4)9-11-25(24)39-28/h6-12,15-16,30H,5,13-14,17H2,1-4H3/b28-26-,31-29+. The number of nitrogens with one attached hydrogen (secondary N) is 1. The predicted molar refractivity (Wildman–Crippen MR) is 160 cm³/mol. The van der Waals surface area contributed by atoms with Crippen molar-refractivity contribution in [3.63, 3.8) is 0 Å². The lowest BCUT2D eigenvalue weighted by molar-refractivity contribution is -0.122. The molecule has 0 radical (unpaired) electrons. The molecule has 11 heteroatoms. The quantitative estimate of drug-likeness (QED) is 0.174. The minimum atomic E-state index is -0.161. The van der Waals surface area contributed by atoms with Crippen molar-refractivity contribution in [3.8, 4) is 5.75 Å². The molecule has 0 aliphatic carbocycles. The molecule has 0 atom stereocenters. The number of fused-ring (bicyclic) bond motifs is 1. The zero-order chi connectivity index (χ0) is 28.2. The van der Waals surface area contributed by atoms with Gasteiger partial charge in [-0.1, -0.05) is 11.8 Å². The number of thioether (sulfide) groups is 2. The number of ether oxygens (including phenoxy) is 2. The maximum atomic E-state index is 13.9. The van der Waals surface area contributed by atoms with Crippen molar-refractivity contribution in [2.24, 2.45) is 4.99 Å². The summed E-state index contributed by atoms with van der Waals surface area (Å²) in [7, 11) is 3.58. The van der Waals surface area contributed by atoms with E-state index in [1.165, 1.54) is 30.4 Å². The summed E-state index contributed by atoms with van der Waals surface area (Å²) in [6.07, 6.45) is 1.59. The fourth-order valence-electron chi connectivity index (χ4n) is 4.26. The van der Waals surface area contributed by atoms with Crippen molar-refractivity contribution < 1.29 is 23.5 Å². The fourth-order valence-corrected chi connectivity index (χ4v) is 6.58. The Bertz CT molecular complexity index is 1490. The van der Waals surface area contributed by atoms with E-state index in [0.29, 0.717) is 46.8 Å². The largest absolute Gasteiger partial charge is 0.491 e. The number of furan rings is 1. The van der Waals surface area contributed by atoms with E-state index in [4.69, 9.17) is 18.9 Å². The first kappa shape index (κ1) is 27.9. The van der Waals surface area contributed by atoms with E-state index in [-0.39, 0.29) is 18.2 Å².